The fraction of sp³-hybridized carbons (Fsp3) is 0.471. The van der Waals surface area contributed by atoms with Crippen LogP contribution in [0.15, 0.2) is 30.9 Å². The van der Waals surface area contributed by atoms with E-state index in [-0.39, 0.29) is 11.9 Å². The topological polar surface area (TPSA) is 59.8 Å². The molecule has 2 aromatic rings. The van der Waals surface area contributed by atoms with Gasteiger partial charge in [0.15, 0.2) is 0 Å². The van der Waals surface area contributed by atoms with Gasteiger partial charge in [-0.05, 0) is 44.2 Å². The molecule has 1 saturated carbocycles. The summed E-state index contributed by atoms with van der Waals surface area (Å²) in [4.78, 5) is 20.9. The van der Waals surface area contributed by atoms with Crippen LogP contribution in [-0.4, -0.2) is 32.9 Å². The number of pyridine rings is 1. The molecule has 128 valence electrons. The minimum Gasteiger partial charge on any atom is -0.348 e. The number of nitrogens with one attached hydrogen (secondary N) is 1. The predicted molar refractivity (Wildman–Crippen MR) is 85.3 cm³/mol. The van der Waals surface area contributed by atoms with E-state index in [2.05, 4.69) is 15.3 Å². The third-order valence-corrected chi connectivity index (χ3v) is 4.53. The summed E-state index contributed by atoms with van der Waals surface area (Å²) < 4.78 is 27.1. The number of aryl methyl sites for hydroxylation is 1. The number of amides is 1. The summed E-state index contributed by atoms with van der Waals surface area (Å²) in [5, 5.41) is 2.94. The zero-order valence-corrected chi connectivity index (χ0v) is 13.5. The second kappa shape index (κ2) is 7.07. The van der Waals surface area contributed by atoms with Gasteiger partial charge in [-0.1, -0.05) is 6.07 Å². The fourth-order valence-corrected chi connectivity index (χ4v) is 3.06. The van der Waals surface area contributed by atoms with Gasteiger partial charge in [0.1, 0.15) is 17.8 Å². The number of carbonyl (C=O) groups excluding carboxylic acids is 1. The highest BCUT2D eigenvalue weighted by Crippen LogP contribution is 2.29. The van der Waals surface area contributed by atoms with Crippen molar-refractivity contribution in [2.24, 2.45) is 5.92 Å². The van der Waals surface area contributed by atoms with E-state index in [1.807, 2.05) is 19.1 Å². The molecule has 0 aliphatic heterocycles. The van der Waals surface area contributed by atoms with Gasteiger partial charge < -0.3 is 5.32 Å². The maximum Gasteiger partial charge on any atom is 0.270 e. The summed E-state index contributed by atoms with van der Waals surface area (Å²) in [7, 11) is 0. The largest absolute Gasteiger partial charge is 0.348 e. The molecule has 1 N–H and O–H groups in total. The van der Waals surface area contributed by atoms with Crippen LogP contribution < -0.4 is 5.32 Å². The standard InChI is InChI=1S/C17H20F2N4O/c1-11-2-7-14(23-9-8-20-10-23)22-15(11)17(24)21-13-5-3-12(4-6-13)16(18)19/h2,7-10,12-13,16H,3-6H2,1H3,(H,21,24). The van der Waals surface area contributed by atoms with Crippen LogP contribution in [0.25, 0.3) is 5.82 Å². The highest BCUT2D eigenvalue weighted by Gasteiger charge is 2.28. The first-order chi connectivity index (χ1) is 11.5. The monoisotopic (exact) mass is 334 g/mol. The molecule has 0 radical (unpaired) electrons. The van der Waals surface area contributed by atoms with Crippen molar-refractivity contribution < 1.29 is 13.6 Å². The lowest BCUT2D eigenvalue weighted by Crippen LogP contribution is -2.39. The Morgan fingerprint density at radius 2 is 2.04 bits per heavy atom. The third kappa shape index (κ3) is 3.60. The number of halogens is 2. The highest BCUT2D eigenvalue weighted by molar-refractivity contribution is 5.94. The Hall–Kier alpha value is -2.31. The second-order valence-electron chi connectivity index (χ2n) is 6.22. The van der Waals surface area contributed by atoms with Crippen LogP contribution in [-0.2, 0) is 0 Å². The van der Waals surface area contributed by atoms with Crippen LogP contribution in [0.5, 0.6) is 0 Å². The van der Waals surface area contributed by atoms with E-state index in [4.69, 9.17) is 0 Å². The van der Waals surface area contributed by atoms with Crippen LogP contribution in [0.1, 0.15) is 41.7 Å². The molecule has 0 aromatic carbocycles. The zero-order valence-electron chi connectivity index (χ0n) is 13.5. The molecule has 0 atom stereocenters. The highest BCUT2D eigenvalue weighted by atomic mass is 19.3. The number of nitrogens with zero attached hydrogens (tertiary/aromatic N) is 3. The third-order valence-electron chi connectivity index (χ3n) is 4.53. The number of carbonyl (C=O) groups is 1. The molecular weight excluding hydrogens is 314 g/mol. The van der Waals surface area contributed by atoms with Crippen molar-refractivity contribution in [1.82, 2.24) is 19.9 Å². The van der Waals surface area contributed by atoms with E-state index in [0.29, 0.717) is 37.2 Å². The van der Waals surface area contributed by atoms with E-state index in [1.54, 1.807) is 23.3 Å². The molecular formula is C17H20F2N4O. The van der Waals surface area contributed by atoms with Crippen molar-refractivity contribution in [3.63, 3.8) is 0 Å². The van der Waals surface area contributed by atoms with Gasteiger partial charge in [0.05, 0.1) is 0 Å². The summed E-state index contributed by atoms with van der Waals surface area (Å²) in [5.41, 5.74) is 1.13. The van der Waals surface area contributed by atoms with E-state index in [9.17, 15) is 13.6 Å². The molecule has 2 heterocycles. The summed E-state index contributed by atoms with van der Waals surface area (Å²) in [5.74, 6) is -0.179. The molecule has 2 aromatic heterocycles. The maximum atomic E-state index is 12.7. The van der Waals surface area contributed by atoms with Gasteiger partial charge in [0.2, 0.25) is 6.43 Å². The average Bonchev–Trinajstić information content (AvgIpc) is 3.10. The number of imidazole rings is 1. The van der Waals surface area contributed by atoms with Gasteiger partial charge >= 0.3 is 0 Å². The van der Waals surface area contributed by atoms with Crippen LogP contribution in [0.4, 0.5) is 8.78 Å². The fourth-order valence-electron chi connectivity index (χ4n) is 3.06. The summed E-state index contributed by atoms with van der Waals surface area (Å²) in [6, 6.07) is 3.60. The van der Waals surface area contributed by atoms with E-state index in [0.717, 1.165) is 5.56 Å². The van der Waals surface area contributed by atoms with Crippen molar-refractivity contribution in [3.05, 3.63) is 42.1 Å². The molecule has 0 bridgehead atoms. The summed E-state index contributed by atoms with van der Waals surface area (Å²) >= 11 is 0. The number of hydrogen-bond acceptors (Lipinski definition) is 3. The van der Waals surface area contributed by atoms with E-state index >= 15 is 0 Å². The summed E-state index contributed by atoms with van der Waals surface area (Å²) in [6.07, 6.45) is 4.81. The number of rotatable bonds is 4. The Morgan fingerprint density at radius 1 is 1.29 bits per heavy atom. The predicted octanol–water partition coefficient (Wildman–Crippen LogP) is 3.13. The Morgan fingerprint density at radius 3 is 2.67 bits per heavy atom. The van der Waals surface area contributed by atoms with Gasteiger partial charge in [-0.2, -0.15) is 0 Å². The molecule has 5 nitrogen and oxygen atoms in total. The first-order valence-corrected chi connectivity index (χ1v) is 8.09. The summed E-state index contributed by atoms with van der Waals surface area (Å²) in [6.45, 7) is 1.83. The smallest absolute Gasteiger partial charge is 0.270 e. The SMILES string of the molecule is Cc1ccc(-n2ccnc2)nc1C(=O)NC1CCC(C(F)F)CC1. The van der Waals surface area contributed by atoms with Crippen molar-refractivity contribution in [2.45, 2.75) is 45.1 Å². The van der Waals surface area contributed by atoms with Gasteiger partial charge in [-0.3, -0.25) is 9.36 Å². The lowest BCUT2D eigenvalue weighted by Gasteiger charge is -2.28. The Balaban J connectivity index is 1.68. The molecule has 3 rings (SSSR count). The van der Waals surface area contributed by atoms with Crippen molar-refractivity contribution in [3.8, 4) is 5.82 Å². The van der Waals surface area contributed by atoms with E-state index < -0.39 is 12.3 Å². The van der Waals surface area contributed by atoms with E-state index in [1.165, 1.54) is 0 Å². The first-order valence-electron chi connectivity index (χ1n) is 8.09. The average molecular weight is 334 g/mol. The lowest BCUT2D eigenvalue weighted by molar-refractivity contribution is 0.0499. The number of hydrogen-bond donors (Lipinski definition) is 1. The quantitative estimate of drug-likeness (QED) is 0.934. The lowest BCUT2D eigenvalue weighted by atomic mass is 9.86. The first kappa shape index (κ1) is 16.5. The Labute approximate surface area is 139 Å². The Bertz CT molecular complexity index is 695. The molecule has 0 saturated heterocycles. The molecule has 0 unspecified atom stereocenters. The van der Waals surface area contributed by atoms with Gasteiger partial charge in [-0.25, -0.2) is 18.7 Å². The minimum atomic E-state index is -2.27. The maximum absolute atomic E-state index is 12.7. The zero-order chi connectivity index (χ0) is 17.1. The molecule has 0 spiro atoms. The van der Waals surface area contributed by atoms with Gasteiger partial charge in [0.25, 0.3) is 5.91 Å². The van der Waals surface area contributed by atoms with Crippen molar-refractivity contribution >= 4 is 5.91 Å². The molecule has 1 fully saturated rings. The van der Waals surface area contributed by atoms with Gasteiger partial charge in [-0.15, -0.1) is 0 Å². The number of aromatic nitrogens is 3. The second-order valence-corrected chi connectivity index (χ2v) is 6.22. The van der Waals surface area contributed by atoms with Crippen molar-refractivity contribution in [1.29, 1.82) is 0 Å². The molecule has 1 aliphatic rings. The Kier molecular flexibility index (Phi) is 4.87. The van der Waals surface area contributed by atoms with Crippen LogP contribution in [0.3, 0.4) is 0 Å². The van der Waals surface area contributed by atoms with Crippen LogP contribution >= 0.6 is 0 Å². The van der Waals surface area contributed by atoms with Crippen LogP contribution in [0, 0.1) is 12.8 Å². The number of alkyl halides is 2. The molecule has 1 amide bonds. The normalized spacial score (nSPS) is 21.0. The van der Waals surface area contributed by atoms with Crippen LogP contribution in [0.2, 0.25) is 0 Å². The molecule has 24 heavy (non-hydrogen) atoms. The molecule has 7 heteroatoms. The molecule has 1 aliphatic carbocycles. The van der Waals surface area contributed by atoms with Crippen molar-refractivity contribution in [2.75, 3.05) is 0 Å². The van der Waals surface area contributed by atoms with Gasteiger partial charge in [0, 0.05) is 24.4 Å². The minimum absolute atomic E-state index is 0.0643.